The number of hydrogen-bond acceptors (Lipinski definition) is 5. The highest BCUT2D eigenvalue weighted by atomic mass is 35.5. The molecule has 1 aromatic carbocycles. The lowest BCUT2D eigenvalue weighted by molar-refractivity contribution is 0.0953. The summed E-state index contributed by atoms with van der Waals surface area (Å²) in [7, 11) is 3.82. The highest BCUT2D eigenvalue weighted by molar-refractivity contribution is 7.98. The van der Waals surface area contributed by atoms with Crippen LogP contribution < -0.4 is 10.2 Å². The number of thioether (sulfide) groups is 1. The van der Waals surface area contributed by atoms with E-state index in [0.29, 0.717) is 28.2 Å². The van der Waals surface area contributed by atoms with Gasteiger partial charge in [-0.15, -0.1) is 0 Å². The molecule has 5 nitrogen and oxygen atoms in total. The molecule has 0 aliphatic rings. The molecule has 128 valence electrons. The molecule has 2 aromatic rings. The molecule has 0 bridgehead atoms. The number of aromatic nitrogens is 2. The van der Waals surface area contributed by atoms with Crippen LogP contribution in [0, 0.1) is 0 Å². The zero-order chi connectivity index (χ0) is 17.5. The van der Waals surface area contributed by atoms with Crippen LogP contribution in [-0.4, -0.2) is 36.5 Å². The number of anilines is 1. The summed E-state index contributed by atoms with van der Waals surface area (Å²) in [5, 5.41) is 3.93. The van der Waals surface area contributed by atoms with E-state index in [2.05, 4.69) is 15.3 Å². The first kappa shape index (κ1) is 18.5. The number of amides is 1. The Balaban J connectivity index is 1.98. The van der Waals surface area contributed by atoms with Crippen LogP contribution in [0.1, 0.15) is 29.3 Å². The van der Waals surface area contributed by atoms with E-state index in [1.807, 2.05) is 50.2 Å². The second-order valence-corrected chi connectivity index (χ2v) is 6.80. The summed E-state index contributed by atoms with van der Waals surface area (Å²) in [5.74, 6) is 1.45. The molecule has 1 amide bonds. The maximum Gasteiger partial charge on any atom is 0.251 e. The topological polar surface area (TPSA) is 58.1 Å². The Hall–Kier alpha value is -1.79. The van der Waals surface area contributed by atoms with Crippen LogP contribution in [0.25, 0.3) is 0 Å². The van der Waals surface area contributed by atoms with E-state index in [1.54, 1.807) is 6.07 Å². The lowest BCUT2D eigenvalue weighted by atomic mass is 10.1. The van der Waals surface area contributed by atoms with Gasteiger partial charge < -0.3 is 10.2 Å². The molecule has 0 unspecified atom stereocenters. The highest BCUT2D eigenvalue weighted by Crippen LogP contribution is 2.24. The third-order valence-corrected chi connectivity index (χ3v) is 4.35. The molecule has 1 heterocycles. The van der Waals surface area contributed by atoms with Crippen molar-refractivity contribution in [1.29, 1.82) is 0 Å². The van der Waals surface area contributed by atoms with Gasteiger partial charge in [0.1, 0.15) is 11.0 Å². The van der Waals surface area contributed by atoms with Crippen LogP contribution in [0.5, 0.6) is 0 Å². The number of nitrogens with zero attached hydrogens (tertiary/aromatic N) is 3. The molecule has 0 aliphatic heterocycles. The molecule has 0 spiro atoms. The van der Waals surface area contributed by atoms with Crippen molar-refractivity contribution in [2.45, 2.75) is 24.3 Å². The quantitative estimate of drug-likeness (QED) is 0.462. The predicted molar refractivity (Wildman–Crippen MR) is 100.0 cm³/mol. The number of rotatable bonds is 7. The number of halogens is 1. The summed E-state index contributed by atoms with van der Waals surface area (Å²) in [5.41, 5.74) is 1.77. The minimum Gasteiger partial charge on any atom is -0.363 e. The van der Waals surface area contributed by atoms with Crippen molar-refractivity contribution >= 4 is 35.1 Å². The van der Waals surface area contributed by atoms with Gasteiger partial charge in [-0.2, -0.15) is 0 Å². The van der Waals surface area contributed by atoms with E-state index in [4.69, 9.17) is 11.6 Å². The average molecular weight is 365 g/mol. The normalized spacial score (nSPS) is 10.5. The van der Waals surface area contributed by atoms with E-state index in [-0.39, 0.29) is 5.91 Å². The summed E-state index contributed by atoms with van der Waals surface area (Å²) in [6.07, 6.45) is 0.926. The Morgan fingerprint density at radius 2 is 1.96 bits per heavy atom. The lowest BCUT2D eigenvalue weighted by Gasteiger charge is -2.12. The van der Waals surface area contributed by atoms with E-state index < -0.39 is 0 Å². The number of benzene rings is 1. The molecule has 7 heteroatoms. The largest absolute Gasteiger partial charge is 0.363 e. The Labute approximate surface area is 151 Å². The van der Waals surface area contributed by atoms with E-state index in [0.717, 1.165) is 17.8 Å². The SMILES string of the molecule is CCCNC(=O)c1ccc(CSc2nc(Cl)cc(N(C)C)n2)cc1. The van der Waals surface area contributed by atoms with Crippen LogP contribution >= 0.6 is 23.4 Å². The smallest absolute Gasteiger partial charge is 0.251 e. The molecule has 0 aliphatic carbocycles. The van der Waals surface area contributed by atoms with Gasteiger partial charge in [-0.25, -0.2) is 9.97 Å². The second kappa shape index (κ2) is 8.89. The van der Waals surface area contributed by atoms with E-state index >= 15 is 0 Å². The number of carbonyl (C=O) groups excluding carboxylic acids is 1. The molecular weight excluding hydrogens is 344 g/mol. The monoisotopic (exact) mass is 364 g/mol. The number of carbonyl (C=O) groups is 1. The Morgan fingerprint density at radius 1 is 1.25 bits per heavy atom. The minimum atomic E-state index is -0.0372. The van der Waals surface area contributed by atoms with Gasteiger partial charge in [0, 0.05) is 38.0 Å². The maximum atomic E-state index is 11.9. The van der Waals surface area contributed by atoms with Crippen molar-refractivity contribution < 1.29 is 4.79 Å². The average Bonchev–Trinajstić information content (AvgIpc) is 2.57. The Kier molecular flexibility index (Phi) is 6.87. The first-order valence-electron chi connectivity index (χ1n) is 7.71. The molecule has 0 atom stereocenters. The van der Waals surface area contributed by atoms with Gasteiger partial charge in [0.05, 0.1) is 0 Å². The van der Waals surface area contributed by atoms with Crippen molar-refractivity contribution in [3.63, 3.8) is 0 Å². The molecule has 0 fully saturated rings. The molecule has 2 rings (SSSR count). The van der Waals surface area contributed by atoms with Crippen LogP contribution in [0.4, 0.5) is 5.82 Å². The van der Waals surface area contributed by atoms with Gasteiger partial charge in [0.15, 0.2) is 5.16 Å². The fraction of sp³-hybridized carbons (Fsp3) is 0.353. The minimum absolute atomic E-state index is 0.0372. The van der Waals surface area contributed by atoms with Gasteiger partial charge in [0.2, 0.25) is 0 Å². The summed E-state index contributed by atoms with van der Waals surface area (Å²) < 4.78 is 0. The summed E-state index contributed by atoms with van der Waals surface area (Å²) >= 11 is 7.55. The number of hydrogen-bond donors (Lipinski definition) is 1. The highest BCUT2D eigenvalue weighted by Gasteiger charge is 2.07. The van der Waals surface area contributed by atoms with Crippen molar-refractivity contribution in [2.75, 3.05) is 25.5 Å². The first-order valence-corrected chi connectivity index (χ1v) is 9.07. The second-order valence-electron chi connectivity index (χ2n) is 5.47. The molecule has 0 radical (unpaired) electrons. The standard InChI is InChI=1S/C17H21ClN4OS/c1-4-9-19-16(23)13-7-5-12(6-8-13)11-24-17-20-14(18)10-15(21-17)22(2)3/h5-8,10H,4,9,11H2,1-3H3,(H,19,23). The molecule has 1 aromatic heterocycles. The van der Waals surface area contributed by atoms with Gasteiger partial charge in [-0.3, -0.25) is 4.79 Å². The fourth-order valence-electron chi connectivity index (χ4n) is 1.92. The van der Waals surface area contributed by atoms with Crippen LogP contribution in [0.2, 0.25) is 5.15 Å². The van der Waals surface area contributed by atoms with Crippen molar-refractivity contribution in [3.8, 4) is 0 Å². The zero-order valence-electron chi connectivity index (χ0n) is 14.0. The van der Waals surface area contributed by atoms with Gasteiger partial charge in [0.25, 0.3) is 5.91 Å². The lowest BCUT2D eigenvalue weighted by Crippen LogP contribution is -2.23. The molecule has 0 saturated carbocycles. The third-order valence-electron chi connectivity index (χ3n) is 3.24. The summed E-state index contributed by atoms with van der Waals surface area (Å²) in [4.78, 5) is 22.5. The summed E-state index contributed by atoms with van der Waals surface area (Å²) in [6.45, 7) is 2.72. The predicted octanol–water partition coefficient (Wildman–Crippen LogP) is 3.63. The Bertz CT molecular complexity index is 691. The third kappa shape index (κ3) is 5.39. The van der Waals surface area contributed by atoms with Gasteiger partial charge >= 0.3 is 0 Å². The van der Waals surface area contributed by atoms with Gasteiger partial charge in [-0.05, 0) is 24.1 Å². The first-order chi connectivity index (χ1) is 11.5. The summed E-state index contributed by atoms with van der Waals surface area (Å²) in [6, 6.07) is 9.31. The maximum absolute atomic E-state index is 11.9. The molecule has 24 heavy (non-hydrogen) atoms. The van der Waals surface area contributed by atoms with Crippen LogP contribution in [-0.2, 0) is 5.75 Å². The fourth-order valence-corrected chi connectivity index (χ4v) is 2.96. The van der Waals surface area contributed by atoms with Crippen molar-refractivity contribution in [3.05, 3.63) is 46.6 Å². The van der Waals surface area contributed by atoms with E-state index in [1.165, 1.54) is 11.8 Å². The van der Waals surface area contributed by atoms with Crippen molar-refractivity contribution in [1.82, 2.24) is 15.3 Å². The van der Waals surface area contributed by atoms with Gasteiger partial charge in [-0.1, -0.05) is 42.4 Å². The van der Waals surface area contributed by atoms with E-state index in [9.17, 15) is 4.79 Å². The zero-order valence-corrected chi connectivity index (χ0v) is 15.6. The number of nitrogens with one attached hydrogen (secondary N) is 1. The van der Waals surface area contributed by atoms with Crippen LogP contribution in [0.3, 0.4) is 0 Å². The van der Waals surface area contributed by atoms with Crippen molar-refractivity contribution in [2.24, 2.45) is 0 Å². The Morgan fingerprint density at radius 3 is 2.58 bits per heavy atom. The molecular formula is C17H21ClN4OS. The molecule has 0 saturated heterocycles. The molecule has 1 N–H and O–H groups in total. The van der Waals surface area contributed by atoms with Crippen LogP contribution in [0.15, 0.2) is 35.5 Å².